The highest BCUT2D eigenvalue weighted by Crippen LogP contribution is 2.52. The van der Waals surface area contributed by atoms with Gasteiger partial charge in [0.1, 0.15) is 5.75 Å². The summed E-state index contributed by atoms with van der Waals surface area (Å²) in [5.41, 5.74) is 0.190. The Kier molecular flexibility index (Phi) is 6.53. The van der Waals surface area contributed by atoms with E-state index in [0.717, 1.165) is 28.8 Å². The molecule has 0 bridgehead atoms. The Balaban J connectivity index is 1.62. The molecule has 36 heavy (non-hydrogen) atoms. The molecule has 0 saturated heterocycles. The number of hydrogen-bond acceptors (Lipinski definition) is 2. The first-order valence-corrected chi connectivity index (χ1v) is 11.2. The fourth-order valence-corrected chi connectivity index (χ4v) is 4.20. The van der Waals surface area contributed by atoms with Gasteiger partial charge < -0.3 is 10.1 Å². The summed E-state index contributed by atoms with van der Waals surface area (Å²) in [6, 6.07) is 8.04. The highest BCUT2D eigenvalue weighted by Gasteiger charge is 2.54. The number of benzene rings is 2. The zero-order valence-electron chi connectivity index (χ0n) is 19.4. The van der Waals surface area contributed by atoms with Crippen LogP contribution in [0.3, 0.4) is 0 Å². The standard InChI is InChI=1S/C27H23F6NO2/c1-16-15-25(16,21-11-9-18-7-5-3-4-6-8-19(18)13-21)34-24(35)20-10-12-23(22(14-20)27(31,32)33)36-17(2)26(28,29)30/h3-14,16-17H,15H2,1-2H3,(H,34,35)/b4-3+,5-3?,6-4?,7-5?,8-6-,18-7?,19-8?/t16?,17?,25-/m1/s1. The molecule has 2 aliphatic rings. The van der Waals surface area contributed by atoms with E-state index in [4.69, 9.17) is 0 Å². The van der Waals surface area contributed by atoms with Crippen LogP contribution in [0.15, 0.2) is 60.7 Å². The molecule has 190 valence electrons. The number of rotatable bonds is 5. The number of fused-ring (bicyclic) bond motifs is 1. The number of amides is 1. The molecule has 3 nitrogen and oxygen atoms in total. The van der Waals surface area contributed by atoms with Crippen LogP contribution in [0, 0.1) is 5.92 Å². The van der Waals surface area contributed by atoms with E-state index >= 15 is 0 Å². The third kappa shape index (κ3) is 5.20. The summed E-state index contributed by atoms with van der Waals surface area (Å²) in [4.78, 5) is 13.0. The summed E-state index contributed by atoms with van der Waals surface area (Å²) in [7, 11) is 0. The molecule has 2 unspecified atom stereocenters. The highest BCUT2D eigenvalue weighted by molar-refractivity contribution is 5.95. The quantitative estimate of drug-likeness (QED) is 0.432. The summed E-state index contributed by atoms with van der Waals surface area (Å²) >= 11 is 0. The van der Waals surface area contributed by atoms with Crippen LogP contribution < -0.4 is 10.1 Å². The van der Waals surface area contributed by atoms with Gasteiger partial charge in [-0.1, -0.05) is 55.5 Å². The maximum absolute atomic E-state index is 13.6. The molecule has 4 rings (SSSR count). The van der Waals surface area contributed by atoms with Crippen molar-refractivity contribution in [3.05, 3.63) is 88.5 Å². The fourth-order valence-electron chi connectivity index (χ4n) is 4.20. The summed E-state index contributed by atoms with van der Waals surface area (Å²) in [6.07, 6.45) is -0.292. The van der Waals surface area contributed by atoms with E-state index in [1.54, 1.807) is 0 Å². The number of hydrogen-bond donors (Lipinski definition) is 1. The summed E-state index contributed by atoms with van der Waals surface area (Å²) in [5, 5.41) is 2.86. The molecule has 9 heteroatoms. The second-order valence-corrected chi connectivity index (χ2v) is 8.99. The summed E-state index contributed by atoms with van der Waals surface area (Å²) in [6.45, 7) is 2.54. The van der Waals surface area contributed by atoms with Crippen molar-refractivity contribution < 1.29 is 35.9 Å². The van der Waals surface area contributed by atoms with Gasteiger partial charge in [0, 0.05) is 5.56 Å². The third-order valence-electron chi connectivity index (χ3n) is 6.44. The van der Waals surface area contributed by atoms with E-state index in [9.17, 15) is 31.1 Å². The highest BCUT2D eigenvalue weighted by atomic mass is 19.4. The Morgan fingerprint density at radius 2 is 1.61 bits per heavy atom. The minimum Gasteiger partial charge on any atom is -0.481 e. The maximum atomic E-state index is 13.6. The second-order valence-electron chi connectivity index (χ2n) is 8.99. The molecule has 2 aromatic rings. The fraction of sp³-hybridized carbons (Fsp3) is 0.296. The molecule has 1 fully saturated rings. The van der Waals surface area contributed by atoms with Crippen LogP contribution in [-0.2, 0) is 11.7 Å². The van der Waals surface area contributed by atoms with Crippen LogP contribution in [0.25, 0.3) is 12.2 Å². The van der Waals surface area contributed by atoms with Crippen LogP contribution in [0.1, 0.15) is 52.9 Å². The monoisotopic (exact) mass is 507 g/mol. The lowest BCUT2D eigenvalue weighted by Crippen LogP contribution is -2.36. The van der Waals surface area contributed by atoms with Gasteiger partial charge in [0.15, 0.2) is 6.10 Å². The van der Waals surface area contributed by atoms with Crippen LogP contribution >= 0.6 is 0 Å². The third-order valence-corrected chi connectivity index (χ3v) is 6.44. The van der Waals surface area contributed by atoms with E-state index < -0.39 is 41.2 Å². The first-order valence-electron chi connectivity index (χ1n) is 11.2. The predicted octanol–water partition coefficient (Wildman–Crippen LogP) is 7.30. The molecule has 0 heterocycles. The minimum atomic E-state index is -5.02. The van der Waals surface area contributed by atoms with Crippen LogP contribution in [0.5, 0.6) is 5.75 Å². The van der Waals surface area contributed by atoms with Crippen molar-refractivity contribution >= 4 is 18.1 Å². The number of carbonyl (C=O) groups excluding carboxylic acids is 1. The van der Waals surface area contributed by atoms with Gasteiger partial charge in [0.05, 0.1) is 11.1 Å². The molecule has 3 atom stereocenters. The van der Waals surface area contributed by atoms with Crippen LogP contribution in [0.4, 0.5) is 26.3 Å². The average molecular weight is 507 g/mol. The van der Waals surface area contributed by atoms with E-state index in [0.29, 0.717) is 19.4 Å². The van der Waals surface area contributed by atoms with Gasteiger partial charge >= 0.3 is 12.4 Å². The normalized spacial score (nSPS) is 23.6. The van der Waals surface area contributed by atoms with Crippen molar-refractivity contribution in [3.8, 4) is 5.75 Å². The Bertz CT molecular complexity index is 1260. The Labute approximate surface area is 204 Å². The van der Waals surface area contributed by atoms with Gasteiger partial charge in [-0.25, -0.2) is 0 Å². The molecular formula is C27H23F6NO2. The van der Waals surface area contributed by atoms with Gasteiger partial charge in [-0.2, -0.15) is 26.3 Å². The average Bonchev–Trinajstić information content (AvgIpc) is 3.42. The second kappa shape index (κ2) is 9.19. The first kappa shape index (κ1) is 25.6. The lowest BCUT2D eigenvalue weighted by Gasteiger charge is -2.23. The Hall–Kier alpha value is -3.49. The van der Waals surface area contributed by atoms with Crippen LogP contribution in [0.2, 0.25) is 0 Å². The maximum Gasteiger partial charge on any atom is 0.425 e. The number of ether oxygens (including phenoxy) is 1. The largest absolute Gasteiger partial charge is 0.481 e. The van der Waals surface area contributed by atoms with E-state index in [1.165, 1.54) is 0 Å². The predicted molar refractivity (Wildman–Crippen MR) is 124 cm³/mol. The summed E-state index contributed by atoms with van der Waals surface area (Å²) in [5.74, 6) is -1.72. The number of allylic oxidation sites excluding steroid dienone is 4. The first-order chi connectivity index (χ1) is 16.8. The van der Waals surface area contributed by atoms with Crippen molar-refractivity contribution in [1.29, 1.82) is 0 Å². The molecule has 2 aromatic carbocycles. The minimum absolute atomic E-state index is 0.0322. The van der Waals surface area contributed by atoms with E-state index in [-0.39, 0.29) is 11.5 Å². The van der Waals surface area contributed by atoms with Gasteiger partial charge in [0.25, 0.3) is 5.91 Å². The van der Waals surface area contributed by atoms with Crippen molar-refractivity contribution in [2.45, 2.75) is 44.3 Å². The number of nitrogens with one attached hydrogen (secondary N) is 1. The van der Waals surface area contributed by atoms with Gasteiger partial charge in [0.2, 0.25) is 0 Å². The zero-order valence-corrected chi connectivity index (χ0v) is 19.4. The lowest BCUT2D eigenvalue weighted by atomic mass is 9.95. The molecule has 0 radical (unpaired) electrons. The summed E-state index contributed by atoms with van der Waals surface area (Å²) < 4.78 is 83.9. The van der Waals surface area contributed by atoms with Crippen molar-refractivity contribution in [2.75, 3.05) is 0 Å². The topological polar surface area (TPSA) is 38.3 Å². The van der Waals surface area contributed by atoms with Crippen molar-refractivity contribution in [1.82, 2.24) is 5.32 Å². The van der Waals surface area contributed by atoms with Crippen molar-refractivity contribution in [3.63, 3.8) is 0 Å². The number of alkyl halides is 6. The molecule has 2 aliphatic carbocycles. The van der Waals surface area contributed by atoms with Gasteiger partial charge in [-0.3, -0.25) is 4.79 Å². The molecular weight excluding hydrogens is 484 g/mol. The smallest absolute Gasteiger partial charge is 0.425 e. The van der Waals surface area contributed by atoms with Gasteiger partial charge in [-0.15, -0.1) is 0 Å². The molecule has 1 N–H and O–H groups in total. The zero-order chi connectivity index (χ0) is 26.3. The van der Waals surface area contributed by atoms with E-state index in [1.807, 2.05) is 61.6 Å². The number of halogens is 6. The Morgan fingerprint density at radius 1 is 0.972 bits per heavy atom. The van der Waals surface area contributed by atoms with Crippen molar-refractivity contribution in [2.24, 2.45) is 5.92 Å². The van der Waals surface area contributed by atoms with Crippen LogP contribution in [-0.4, -0.2) is 18.2 Å². The molecule has 1 amide bonds. The molecule has 0 aliphatic heterocycles. The molecule has 1 saturated carbocycles. The SMILES string of the molecule is CC(Oc1ccc(C(=O)N[C@]2(c3ccc4c(c3)/C=C\C=C\C=C4)CC2C)cc1C(F)(F)F)C(F)(F)F. The Morgan fingerprint density at radius 3 is 2.19 bits per heavy atom. The van der Waals surface area contributed by atoms with Gasteiger partial charge in [-0.05, 0) is 60.2 Å². The molecule has 0 spiro atoms. The lowest BCUT2D eigenvalue weighted by molar-refractivity contribution is -0.191. The number of carbonyl (C=O) groups is 1. The van der Waals surface area contributed by atoms with E-state index in [2.05, 4.69) is 10.1 Å². The molecule has 0 aromatic heterocycles.